The highest BCUT2D eigenvalue weighted by Gasteiger charge is 2.09. The molecular weight excluding hydrogens is 618 g/mol. The summed E-state index contributed by atoms with van der Waals surface area (Å²) in [6.45, 7) is 4.54. The predicted molar refractivity (Wildman–Crippen MR) is 213 cm³/mol. The van der Waals surface area contributed by atoms with Gasteiger partial charge in [0.15, 0.2) is 0 Å². The van der Waals surface area contributed by atoms with Gasteiger partial charge in [0.25, 0.3) is 0 Å². The minimum atomic E-state index is -0.257. The SMILES string of the molecule is CCCCCCCCC=CCCCCCCCCCC(=O)OCC(=CC#N)COC(=O)CCCCCCCCCC=CCCCCCCCC. The van der Waals surface area contributed by atoms with Crippen LogP contribution < -0.4 is 0 Å². The van der Waals surface area contributed by atoms with Gasteiger partial charge in [-0.3, -0.25) is 9.59 Å². The Bertz CT molecular complexity index is 822. The summed E-state index contributed by atoms with van der Waals surface area (Å²) in [5.74, 6) is -0.513. The summed E-state index contributed by atoms with van der Waals surface area (Å²) < 4.78 is 10.7. The number of ether oxygens (including phenoxy) is 2. The molecule has 0 bridgehead atoms. The van der Waals surface area contributed by atoms with Gasteiger partial charge in [-0.1, -0.05) is 167 Å². The van der Waals surface area contributed by atoms with E-state index < -0.39 is 0 Å². The van der Waals surface area contributed by atoms with Crippen molar-refractivity contribution < 1.29 is 19.1 Å². The van der Waals surface area contributed by atoms with Crippen LogP contribution in [0.1, 0.15) is 219 Å². The monoisotopic (exact) mass is 698 g/mol. The zero-order valence-electron chi connectivity index (χ0n) is 33.0. The standard InChI is InChI=1S/C45H79NO4/c1-3-5-7-9-11-13-15-17-19-21-23-25-27-29-31-33-35-37-44(47)49-41-43(39-40-46)42-50-45(48)38-36-34-32-30-28-26-24-22-20-18-16-14-12-10-8-6-4-2/h17-20,39H,3-16,21-38,41-42H2,1-2H3. The Labute approximate surface area is 310 Å². The first-order chi connectivity index (χ1) is 24.6. The largest absolute Gasteiger partial charge is 0.461 e. The molecule has 5 nitrogen and oxygen atoms in total. The van der Waals surface area contributed by atoms with E-state index in [1.807, 2.05) is 6.07 Å². The first kappa shape index (κ1) is 47.7. The number of unbranched alkanes of at least 4 members (excludes halogenated alkanes) is 26. The Morgan fingerprint density at radius 1 is 0.440 bits per heavy atom. The molecule has 0 aromatic rings. The number of nitrogens with zero attached hydrogens (tertiary/aromatic N) is 1. The quantitative estimate of drug-likeness (QED) is 0.0278. The highest BCUT2D eigenvalue weighted by Crippen LogP contribution is 2.14. The lowest BCUT2D eigenvalue weighted by Gasteiger charge is -2.09. The van der Waals surface area contributed by atoms with Crippen LogP contribution in [0.25, 0.3) is 0 Å². The minimum Gasteiger partial charge on any atom is -0.461 e. The fourth-order valence-corrected chi connectivity index (χ4v) is 6.09. The van der Waals surface area contributed by atoms with Crippen molar-refractivity contribution in [3.8, 4) is 6.07 Å². The van der Waals surface area contributed by atoms with E-state index in [2.05, 4.69) is 38.2 Å². The van der Waals surface area contributed by atoms with Crippen molar-refractivity contribution in [3.05, 3.63) is 36.0 Å². The highest BCUT2D eigenvalue weighted by molar-refractivity contribution is 5.70. The van der Waals surface area contributed by atoms with E-state index in [1.54, 1.807) is 0 Å². The van der Waals surface area contributed by atoms with E-state index in [9.17, 15) is 9.59 Å². The molecule has 0 spiro atoms. The van der Waals surface area contributed by atoms with Crippen LogP contribution >= 0.6 is 0 Å². The molecule has 50 heavy (non-hydrogen) atoms. The van der Waals surface area contributed by atoms with Crippen molar-refractivity contribution in [2.24, 2.45) is 0 Å². The number of esters is 2. The smallest absolute Gasteiger partial charge is 0.306 e. The fraction of sp³-hybridized carbons (Fsp3) is 0.800. The lowest BCUT2D eigenvalue weighted by molar-refractivity contribution is -0.144. The van der Waals surface area contributed by atoms with Gasteiger partial charge in [-0.15, -0.1) is 0 Å². The van der Waals surface area contributed by atoms with Gasteiger partial charge in [-0.2, -0.15) is 5.26 Å². The molecule has 0 rings (SSSR count). The normalized spacial score (nSPS) is 11.3. The van der Waals surface area contributed by atoms with Gasteiger partial charge in [0.2, 0.25) is 0 Å². The molecule has 0 N–H and O–H groups in total. The molecule has 0 aliphatic heterocycles. The summed E-state index contributed by atoms with van der Waals surface area (Å²) in [5, 5.41) is 9.09. The summed E-state index contributed by atoms with van der Waals surface area (Å²) in [6, 6.07) is 1.97. The number of carbonyl (C=O) groups is 2. The van der Waals surface area contributed by atoms with Gasteiger partial charge in [0.05, 0.1) is 6.07 Å². The molecule has 0 aromatic carbocycles. The summed E-state index contributed by atoms with van der Waals surface area (Å²) in [5.41, 5.74) is 0.517. The number of carbonyl (C=O) groups excluding carboxylic acids is 2. The van der Waals surface area contributed by atoms with Crippen molar-refractivity contribution in [1.82, 2.24) is 0 Å². The molecule has 0 radical (unpaired) electrons. The van der Waals surface area contributed by atoms with Crippen molar-refractivity contribution in [2.75, 3.05) is 13.2 Å². The van der Waals surface area contributed by atoms with Crippen molar-refractivity contribution >= 4 is 11.9 Å². The summed E-state index contributed by atoms with van der Waals surface area (Å²) in [4.78, 5) is 24.4. The molecule has 288 valence electrons. The number of rotatable bonds is 38. The highest BCUT2D eigenvalue weighted by atomic mass is 16.5. The maximum atomic E-state index is 12.2. The Morgan fingerprint density at radius 3 is 1.02 bits per heavy atom. The van der Waals surface area contributed by atoms with Crippen LogP contribution in [0.2, 0.25) is 0 Å². The number of nitriles is 1. The first-order valence-corrected chi connectivity index (χ1v) is 21.3. The summed E-state index contributed by atoms with van der Waals surface area (Å²) in [7, 11) is 0. The third-order valence-corrected chi connectivity index (χ3v) is 9.39. The van der Waals surface area contributed by atoms with E-state index in [4.69, 9.17) is 14.7 Å². The molecule has 0 heterocycles. The van der Waals surface area contributed by atoms with Crippen LogP contribution in [0.4, 0.5) is 0 Å². The van der Waals surface area contributed by atoms with E-state index in [1.165, 1.54) is 160 Å². The van der Waals surface area contributed by atoms with Gasteiger partial charge in [-0.25, -0.2) is 0 Å². The second-order valence-corrected chi connectivity index (χ2v) is 14.3. The second-order valence-electron chi connectivity index (χ2n) is 14.3. The van der Waals surface area contributed by atoms with Gasteiger partial charge in [-0.05, 0) is 64.2 Å². The zero-order valence-corrected chi connectivity index (χ0v) is 33.0. The van der Waals surface area contributed by atoms with Gasteiger partial charge >= 0.3 is 11.9 Å². The molecule has 0 aliphatic rings. The van der Waals surface area contributed by atoms with Gasteiger partial charge in [0.1, 0.15) is 13.2 Å². The van der Waals surface area contributed by atoms with Crippen LogP contribution in [0.3, 0.4) is 0 Å². The molecule has 0 saturated heterocycles. The average Bonchev–Trinajstić information content (AvgIpc) is 3.12. The Kier molecular flexibility index (Phi) is 39.1. The summed E-state index contributed by atoms with van der Waals surface area (Å²) in [6.07, 6.45) is 48.8. The zero-order chi connectivity index (χ0) is 36.4. The number of hydrogen-bond acceptors (Lipinski definition) is 5. The van der Waals surface area contributed by atoms with E-state index in [0.717, 1.165) is 38.5 Å². The maximum absolute atomic E-state index is 12.2. The van der Waals surface area contributed by atoms with Crippen molar-refractivity contribution in [3.63, 3.8) is 0 Å². The molecule has 5 heteroatoms. The predicted octanol–water partition coefficient (Wildman–Crippen LogP) is 14.2. The van der Waals surface area contributed by atoms with Gasteiger partial charge < -0.3 is 9.47 Å². The average molecular weight is 698 g/mol. The molecule has 0 saturated carbocycles. The lowest BCUT2D eigenvalue weighted by atomic mass is 10.1. The maximum Gasteiger partial charge on any atom is 0.306 e. The van der Waals surface area contributed by atoms with Crippen LogP contribution in [-0.4, -0.2) is 25.2 Å². The Morgan fingerprint density at radius 2 is 0.720 bits per heavy atom. The topological polar surface area (TPSA) is 76.4 Å². The van der Waals surface area contributed by atoms with E-state index in [0.29, 0.717) is 18.4 Å². The third kappa shape index (κ3) is 38.5. The van der Waals surface area contributed by atoms with Crippen LogP contribution in [0, 0.1) is 11.3 Å². The van der Waals surface area contributed by atoms with Crippen LogP contribution in [0.15, 0.2) is 36.0 Å². The van der Waals surface area contributed by atoms with Gasteiger partial charge in [0, 0.05) is 24.5 Å². The fourth-order valence-electron chi connectivity index (χ4n) is 6.09. The number of hydrogen-bond donors (Lipinski definition) is 0. The molecular formula is C45H79NO4. The summed E-state index contributed by atoms with van der Waals surface area (Å²) >= 11 is 0. The molecule has 0 fully saturated rings. The number of allylic oxidation sites excluding steroid dienone is 5. The van der Waals surface area contributed by atoms with Crippen LogP contribution in [-0.2, 0) is 19.1 Å². The lowest BCUT2D eigenvalue weighted by Crippen LogP contribution is -2.13. The minimum absolute atomic E-state index is 0.00198. The van der Waals surface area contributed by atoms with E-state index >= 15 is 0 Å². The molecule has 0 amide bonds. The molecule has 0 aromatic heterocycles. The van der Waals surface area contributed by atoms with Crippen molar-refractivity contribution in [1.29, 1.82) is 5.26 Å². The van der Waals surface area contributed by atoms with Crippen molar-refractivity contribution in [2.45, 2.75) is 219 Å². The third-order valence-electron chi connectivity index (χ3n) is 9.39. The van der Waals surface area contributed by atoms with E-state index in [-0.39, 0.29) is 25.2 Å². The molecule has 0 aliphatic carbocycles. The van der Waals surface area contributed by atoms with Crippen LogP contribution in [0.5, 0.6) is 0 Å². The second kappa shape index (κ2) is 41.1. The Hall–Kier alpha value is -2.35. The molecule has 0 unspecified atom stereocenters. The first-order valence-electron chi connectivity index (χ1n) is 21.3. The molecule has 0 atom stereocenters. The Balaban J connectivity index is 3.64.